The molecule has 1 aromatic heterocycles. The molecule has 0 aliphatic rings. The van der Waals surface area contributed by atoms with Crippen LogP contribution >= 0.6 is 11.8 Å². The second kappa shape index (κ2) is 4.86. The van der Waals surface area contributed by atoms with Crippen LogP contribution in [0.4, 0.5) is 0 Å². The first-order chi connectivity index (χ1) is 6.22. The quantitative estimate of drug-likeness (QED) is 0.717. The van der Waals surface area contributed by atoms with Crippen LogP contribution < -0.4 is 5.32 Å². The van der Waals surface area contributed by atoms with E-state index in [2.05, 4.69) is 15.5 Å². The number of hydrogen-bond acceptors (Lipinski definition) is 5. The number of aromatic nitrogens is 2. The minimum atomic E-state index is -0.0513. The smallest absolute Gasteiger partial charge is 0.276 e. The molecule has 0 aromatic carbocycles. The molecule has 0 saturated heterocycles. The highest BCUT2D eigenvalue weighted by molar-refractivity contribution is 7.98. The summed E-state index contributed by atoms with van der Waals surface area (Å²) in [7, 11) is 0. The van der Waals surface area contributed by atoms with E-state index in [-0.39, 0.29) is 5.91 Å². The zero-order valence-corrected chi connectivity index (χ0v) is 8.35. The lowest BCUT2D eigenvalue weighted by molar-refractivity contribution is -0.118. The zero-order valence-electron chi connectivity index (χ0n) is 7.53. The van der Waals surface area contributed by atoms with E-state index in [0.717, 1.165) is 0 Å². The van der Waals surface area contributed by atoms with E-state index in [9.17, 15) is 4.79 Å². The van der Waals surface area contributed by atoms with E-state index in [1.54, 1.807) is 0 Å². The van der Waals surface area contributed by atoms with Crippen molar-refractivity contribution in [2.75, 3.05) is 12.8 Å². The van der Waals surface area contributed by atoms with E-state index in [4.69, 9.17) is 4.42 Å². The molecule has 0 spiro atoms. The van der Waals surface area contributed by atoms with E-state index in [1.807, 2.05) is 6.26 Å². The molecule has 1 N–H and O–H groups in total. The summed E-state index contributed by atoms with van der Waals surface area (Å²) < 4.78 is 5.20. The van der Waals surface area contributed by atoms with Crippen molar-refractivity contribution in [3.8, 4) is 0 Å². The second-order valence-electron chi connectivity index (χ2n) is 2.40. The Hall–Kier alpha value is -1.04. The predicted molar refractivity (Wildman–Crippen MR) is 48.5 cm³/mol. The van der Waals surface area contributed by atoms with E-state index in [1.165, 1.54) is 18.7 Å². The van der Waals surface area contributed by atoms with Crippen LogP contribution in [-0.4, -0.2) is 28.9 Å². The molecule has 0 unspecified atom stereocenters. The largest absolute Gasteiger partial charge is 0.416 e. The third kappa shape index (κ3) is 3.45. The molecule has 0 aliphatic carbocycles. The van der Waals surface area contributed by atoms with Crippen LogP contribution in [0.2, 0.25) is 0 Å². The van der Waals surface area contributed by atoms with Crippen molar-refractivity contribution in [3.05, 3.63) is 5.89 Å². The molecule has 0 atom stereocenters. The topological polar surface area (TPSA) is 68.0 Å². The van der Waals surface area contributed by atoms with Crippen LogP contribution in [-0.2, 0) is 11.2 Å². The molecule has 1 heterocycles. The highest BCUT2D eigenvalue weighted by Gasteiger charge is 2.03. The van der Waals surface area contributed by atoms with Crippen LogP contribution in [0.25, 0.3) is 0 Å². The fourth-order valence-corrected chi connectivity index (χ4v) is 1.07. The van der Waals surface area contributed by atoms with Gasteiger partial charge in [-0.2, -0.15) is 0 Å². The standard InChI is InChI=1S/C7H11N3O2S/c1-5(11)8-4-3-6-9-10-7(12-6)13-2/h3-4H2,1-2H3,(H,8,11). The molecule has 0 saturated carbocycles. The van der Waals surface area contributed by atoms with Gasteiger partial charge in [0.1, 0.15) is 0 Å². The fourth-order valence-electron chi connectivity index (χ4n) is 0.767. The molecule has 0 aliphatic heterocycles. The Morgan fingerprint density at radius 2 is 2.38 bits per heavy atom. The normalized spacial score (nSPS) is 10.0. The van der Waals surface area contributed by atoms with Crippen molar-refractivity contribution in [2.45, 2.75) is 18.6 Å². The SMILES string of the molecule is CSc1nnc(CCNC(C)=O)o1. The molecular formula is C7H11N3O2S. The van der Waals surface area contributed by atoms with Crippen LogP contribution in [0.3, 0.4) is 0 Å². The highest BCUT2D eigenvalue weighted by atomic mass is 32.2. The summed E-state index contributed by atoms with van der Waals surface area (Å²) in [6.07, 6.45) is 2.44. The summed E-state index contributed by atoms with van der Waals surface area (Å²) >= 11 is 1.40. The molecule has 1 aromatic rings. The summed E-state index contributed by atoms with van der Waals surface area (Å²) in [4.78, 5) is 10.5. The van der Waals surface area contributed by atoms with Gasteiger partial charge in [0.15, 0.2) is 0 Å². The van der Waals surface area contributed by atoms with Gasteiger partial charge >= 0.3 is 0 Å². The lowest BCUT2D eigenvalue weighted by Crippen LogP contribution is -2.22. The number of carbonyl (C=O) groups is 1. The number of nitrogens with one attached hydrogen (secondary N) is 1. The summed E-state index contributed by atoms with van der Waals surface area (Å²) in [5.74, 6) is 0.503. The molecule has 0 bridgehead atoms. The van der Waals surface area contributed by atoms with Gasteiger partial charge in [0.05, 0.1) is 0 Å². The number of thioether (sulfide) groups is 1. The summed E-state index contributed by atoms with van der Waals surface area (Å²) in [5.41, 5.74) is 0. The van der Waals surface area contributed by atoms with Crippen molar-refractivity contribution < 1.29 is 9.21 Å². The lowest BCUT2D eigenvalue weighted by atomic mass is 10.4. The Morgan fingerprint density at radius 3 is 2.92 bits per heavy atom. The molecule has 0 fully saturated rings. The van der Waals surface area contributed by atoms with Gasteiger partial charge in [-0.25, -0.2) is 0 Å². The minimum Gasteiger partial charge on any atom is -0.416 e. The average Bonchev–Trinajstić information content (AvgIpc) is 2.52. The second-order valence-corrected chi connectivity index (χ2v) is 3.16. The molecule has 0 radical (unpaired) electrons. The summed E-state index contributed by atoms with van der Waals surface area (Å²) in [6, 6.07) is 0. The molecular weight excluding hydrogens is 190 g/mol. The van der Waals surface area contributed by atoms with Gasteiger partial charge < -0.3 is 9.73 Å². The molecule has 72 valence electrons. The van der Waals surface area contributed by atoms with Crippen molar-refractivity contribution in [1.82, 2.24) is 15.5 Å². The highest BCUT2D eigenvalue weighted by Crippen LogP contribution is 2.11. The Kier molecular flexibility index (Phi) is 3.75. The third-order valence-corrected chi connectivity index (χ3v) is 1.85. The van der Waals surface area contributed by atoms with Gasteiger partial charge in [0.2, 0.25) is 11.8 Å². The van der Waals surface area contributed by atoms with E-state index in [0.29, 0.717) is 24.1 Å². The zero-order chi connectivity index (χ0) is 9.68. The van der Waals surface area contributed by atoms with Gasteiger partial charge in [-0.05, 0) is 6.26 Å². The van der Waals surface area contributed by atoms with Gasteiger partial charge in [-0.1, -0.05) is 11.8 Å². The summed E-state index contributed by atoms with van der Waals surface area (Å²) in [6.45, 7) is 2.01. The first-order valence-corrected chi connectivity index (χ1v) is 5.05. The Morgan fingerprint density at radius 1 is 1.62 bits per heavy atom. The first kappa shape index (κ1) is 10.0. The van der Waals surface area contributed by atoms with Gasteiger partial charge in [-0.15, -0.1) is 10.2 Å². The average molecular weight is 201 g/mol. The number of rotatable bonds is 4. The predicted octanol–water partition coefficient (Wildman–Crippen LogP) is 0.470. The number of amides is 1. The summed E-state index contributed by atoms with van der Waals surface area (Å²) in [5, 5.41) is 10.8. The Bertz CT molecular complexity index is 287. The van der Waals surface area contributed by atoms with E-state index < -0.39 is 0 Å². The van der Waals surface area contributed by atoms with Crippen LogP contribution in [0.5, 0.6) is 0 Å². The maximum atomic E-state index is 10.5. The van der Waals surface area contributed by atoms with Crippen molar-refractivity contribution in [1.29, 1.82) is 0 Å². The molecule has 1 rings (SSSR count). The minimum absolute atomic E-state index is 0.0513. The maximum Gasteiger partial charge on any atom is 0.276 e. The van der Waals surface area contributed by atoms with Gasteiger partial charge in [0, 0.05) is 19.9 Å². The molecule has 13 heavy (non-hydrogen) atoms. The maximum absolute atomic E-state index is 10.5. The van der Waals surface area contributed by atoms with Crippen molar-refractivity contribution in [2.24, 2.45) is 0 Å². The fraction of sp³-hybridized carbons (Fsp3) is 0.571. The molecule has 6 heteroatoms. The third-order valence-electron chi connectivity index (χ3n) is 1.34. The van der Waals surface area contributed by atoms with Gasteiger partial charge in [0.25, 0.3) is 5.22 Å². The first-order valence-electron chi connectivity index (χ1n) is 3.83. The van der Waals surface area contributed by atoms with Crippen LogP contribution in [0.1, 0.15) is 12.8 Å². The lowest BCUT2D eigenvalue weighted by Gasteiger charge is -1.96. The monoisotopic (exact) mass is 201 g/mol. The Balaban J connectivity index is 2.32. The van der Waals surface area contributed by atoms with E-state index >= 15 is 0 Å². The van der Waals surface area contributed by atoms with Crippen molar-refractivity contribution in [3.63, 3.8) is 0 Å². The van der Waals surface area contributed by atoms with Crippen molar-refractivity contribution >= 4 is 17.7 Å². The Labute approximate surface area is 80.3 Å². The van der Waals surface area contributed by atoms with Gasteiger partial charge in [-0.3, -0.25) is 4.79 Å². The number of carbonyl (C=O) groups excluding carboxylic acids is 1. The molecule has 1 amide bonds. The van der Waals surface area contributed by atoms with Crippen LogP contribution in [0, 0.1) is 0 Å². The van der Waals surface area contributed by atoms with Crippen LogP contribution in [0.15, 0.2) is 9.64 Å². The molecule has 5 nitrogen and oxygen atoms in total. The number of hydrogen-bond donors (Lipinski definition) is 1. The number of nitrogens with zero attached hydrogens (tertiary/aromatic N) is 2.